The number of nitrogens with one attached hydrogen (secondary N) is 1. The largest absolute Gasteiger partial charge is 0.311 e. The SMILES string of the molecule is CC(CCl)CCCNCc1cn(C)nn1. The molecule has 0 bridgehead atoms. The van der Waals surface area contributed by atoms with Gasteiger partial charge in [0.1, 0.15) is 0 Å². The average Bonchev–Trinajstić information content (AvgIpc) is 2.63. The van der Waals surface area contributed by atoms with Crippen molar-refractivity contribution in [2.45, 2.75) is 26.3 Å². The summed E-state index contributed by atoms with van der Waals surface area (Å²) in [4.78, 5) is 0. The lowest BCUT2D eigenvalue weighted by molar-refractivity contribution is 0.529. The minimum atomic E-state index is 0.616. The summed E-state index contributed by atoms with van der Waals surface area (Å²) in [7, 11) is 1.87. The summed E-state index contributed by atoms with van der Waals surface area (Å²) in [6.07, 6.45) is 4.26. The quantitative estimate of drug-likeness (QED) is 0.571. The summed E-state index contributed by atoms with van der Waals surface area (Å²) in [5.41, 5.74) is 0.989. The van der Waals surface area contributed by atoms with Crippen LogP contribution in [0.2, 0.25) is 0 Å². The van der Waals surface area contributed by atoms with E-state index >= 15 is 0 Å². The van der Waals surface area contributed by atoms with E-state index in [9.17, 15) is 0 Å². The number of hydrogen-bond acceptors (Lipinski definition) is 3. The second-order valence-corrected chi connectivity index (χ2v) is 4.27. The lowest BCUT2D eigenvalue weighted by Gasteiger charge is -2.06. The molecule has 86 valence electrons. The molecule has 0 radical (unpaired) electrons. The van der Waals surface area contributed by atoms with Gasteiger partial charge in [0.15, 0.2) is 0 Å². The normalized spacial score (nSPS) is 13.0. The summed E-state index contributed by atoms with van der Waals surface area (Å²) in [6.45, 7) is 3.98. The smallest absolute Gasteiger partial charge is 0.0964 e. The maximum Gasteiger partial charge on any atom is 0.0964 e. The van der Waals surface area contributed by atoms with E-state index in [-0.39, 0.29) is 0 Å². The Morgan fingerprint density at radius 3 is 3.00 bits per heavy atom. The van der Waals surface area contributed by atoms with Crippen LogP contribution in [0.1, 0.15) is 25.5 Å². The molecule has 1 unspecified atom stereocenters. The van der Waals surface area contributed by atoms with Crippen LogP contribution in [0.5, 0.6) is 0 Å². The molecule has 0 spiro atoms. The molecule has 1 N–H and O–H groups in total. The van der Waals surface area contributed by atoms with E-state index in [4.69, 9.17) is 11.6 Å². The van der Waals surface area contributed by atoms with Crippen molar-refractivity contribution in [3.05, 3.63) is 11.9 Å². The van der Waals surface area contributed by atoms with E-state index in [2.05, 4.69) is 22.6 Å². The van der Waals surface area contributed by atoms with Crippen LogP contribution in [-0.4, -0.2) is 27.4 Å². The van der Waals surface area contributed by atoms with Gasteiger partial charge in [-0.15, -0.1) is 16.7 Å². The summed E-state index contributed by atoms with van der Waals surface area (Å²) in [5.74, 6) is 1.37. The number of rotatable bonds is 7. The summed E-state index contributed by atoms with van der Waals surface area (Å²) in [5, 5.41) is 11.2. The van der Waals surface area contributed by atoms with Gasteiger partial charge in [-0.05, 0) is 25.3 Å². The molecule has 0 aliphatic carbocycles. The minimum absolute atomic E-state index is 0.616. The lowest BCUT2D eigenvalue weighted by Crippen LogP contribution is -2.15. The van der Waals surface area contributed by atoms with E-state index in [1.807, 2.05) is 13.2 Å². The Morgan fingerprint density at radius 2 is 2.40 bits per heavy atom. The Kier molecular flexibility index (Phi) is 5.65. The van der Waals surface area contributed by atoms with Crippen molar-refractivity contribution >= 4 is 11.6 Å². The Hall–Kier alpha value is -0.610. The summed E-state index contributed by atoms with van der Waals surface area (Å²) >= 11 is 5.72. The van der Waals surface area contributed by atoms with E-state index in [0.29, 0.717) is 5.92 Å². The molecule has 1 atom stereocenters. The Labute approximate surface area is 96.0 Å². The molecule has 0 aliphatic rings. The van der Waals surface area contributed by atoms with Gasteiger partial charge in [0.2, 0.25) is 0 Å². The standard InChI is InChI=1S/C10H19ClN4/c1-9(6-11)4-3-5-12-7-10-8-15(2)14-13-10/h8-9,12H,3-7H2,1-2H3. The molecule has 5 heteroatoms. The highest BCUT2D eigenvalue weighted by Crippen LogP contribution is 2.06. The molecular weight excluding hydrogens is 212 g/mol. The molecule has 1 aromatic rings. The minimum Gasteiger partial charge on any atom is -0.311 e. The third kappa shape index (κ3) is 5.14. The van der Waals surface area contributed by atoms with Crippen molar-refractivity contribution < 1.29 is 0 Å². The number of hydrogen-bond donors (Lipinski definition) is 1. The van der Waals surface area contributed by atoms with Gasteiger partial charge in [0.05, 0.1) is 5.69 Å². The third-order valence-corrected chi connectivity index (χ3v) is 2.80. The molecule has 0 saturated heterocycles. The zero-order chi connectivity index (χ0) is 11.1. The predicted octanol–water partition coefficient (Wildman–Crippen LogP) is 1.56. The monoisotopic (exact) mass is 230 g/mol. The number of aromatic nitrogens is 3. The van der Waals surface area contributed by atoms with E-state index in [0.717, 1.165) is 31.1 Å². The third-order valence-electron chi connectivity index (χ3n) is 2.27. The Balaban J connectivity index is 2.02. The van der Waals surface area contributed by atoms with Crippen molar-refractivity contribution in [1.29, 1.82) is 0 Å². The number of aryl methyl sites for hydroxylation is 1. The number of halogens is 1. The predicted molar refractivity (Wildman–Crippen MR) is 61.8 cm³/mol. The first-order valence-electron chi connectivity index (χ1n) is 5.34. The molecule has 15 heavy (non-hydrogen) atoms. The molecule has 1 aromatic heterocycles. The second kappa shape index (κ2) is 6.80. The zero-order valence-electron chi connectivity index (χ0n) is 9.41. The van der Waals surface area contributed by atoms with Crippen LogP contribution in [0.4, 0.5) is 0 Å². The van der Waals surface area contributed by atoms with E-state index in [1.165, 1.54) is 6.42 Å². The first kappa shape index (κ1) is 12.5. The van der Waals surface area contributed by atoms with Crippen LogP contribution in [-0.2, 0) is 13.6 Å². The lowest BCUT2D eigenvalue weighted by atomic mass is 10.1. The van der Waals surface area contributed by atoms with Crippen LogP contribution >= 0.6 is 11.6 Å². The highest BCUT2D eigenvalue weighted by molar-refractivity contribution is 6.18. The summed E-state index contributed by atoms with van der Waals surface area (Å²) < 4.78 is 1.71. The van der Waals surface area contributed by atoms with Crippen molar-refractivity contribution in [3.8, 4) is 0 Å². The number of alkyl halides is 1. The molecular formula is C10H19ClN4. The van der Waals surface area contributed by atoms with Crippen LogP contribution < -0.4 is 5.32 Å². The van der Waals surface area contributed by atoms with Gasteiger partial charge >= 0.3 is 0 Å². The fourth-order valence-electron chi connectivity index (χ4n) is 1.35. The molecule has 4 nitrogen and oxygen atoms in total. The van der Waals surface area contributed by atoms with Crippen LogP contribution in [0.15, 0.2) is 6.20 Å². The molecule has 0 saturated carbocycles. The van der Waals surface area contributed by atoms with Gasteiger partial charge < -0.3 is 5.32 Å². The van der Waals surface area contributed by atoms with E-state index < -0.39 is 0 Å². The fraction of sp³-hybridized carbons (Fsp3) is 0.800. The van der Waals surface area contributed by atoms with Gasteiger partial charge in [-0.3, -0.25) is 4.68 Å². The highest BCUT2D eigenvalue weighted by Gasteiger charge is 2.00. The molecule has 0 aromatic carbocycles. The van der Waals surface area contributed by atoms with Crippen molar-refractivity contribution in [1.82, 2.24) is 20.3 Å². The highest BCUT2D eigenvalue weighted by atomic mass is 35.5. The number of nitrogens with zero attached hydrogens (tertiary/aromatic N) is 3. The Morgan fingerprint density at radius 1 is 1.60 bits per heavy atom. The van der Waals surface area contributed by atoms with Gasteiger partial charge in [-0.1, -0.05) is 12.1 Å². The topological polar surface area (TPSA) is 42.7 Å². The molecule has 0 aliphatic heterocycles. The van der Waals surface area contributed by atoms with Gasteiger partial charge in [-0.25, -0.2) is 0 Å². The van der Waals surface area contributed by atoms with Gasteiger partial charge in [0, 0.05) is 25.7 Å². The average molecular weight is 231 g/mol. The van der Waals surface area contributed by atoms with Crippen LogP contribution in [0.3, 0.4) is 0 Å². The van der Waals surface area contributed by atoms with Crippen LogP contribution in [0, 0.1) is 5.92 Å². The Bertz CT molecular complexity index is 274. The van der Waals surface area contributed by atoms with E-state index in [1.54, 1.807) is 4.68 Å². The second-order valence-electron chi connectivity index (χ2n) is 3.96. The molecule has 1 heterocycles. The van der Waals surface area contributed by atoms with Crippen LogP contribution in [0.25, 0.3) is 0 Å². The van der Waals surface area contributed by atoms with Gasteiger partial charge in [-0.2, -0.15) is 0 Å². The first-order chi connectivity index (χ1) is 7.22. The van der Waals surface area contributed by atoms with Crippen molar-refractivity contribution in [2.75, 3.05) is 12.4 Å². The molecule has 1 rings (SSSR count). The summed E-state index contributed by atoms with van der Waals surface area (Å²) in [6, 6.07) is 0. The van der Waals surface area contributed by atoms with Crippen molar-refractivity contribution in [2.24, 2.45) is 13.0 Å². The molecule has 0 fully saturated rings. The van der Waals surface area contributed by atoms with Crippen molar-refractivity contribution in [3.63, 3.8) is 0 Å². The fourth-order valence-corrected chi connectivity index (χ4v) is 1.50. The zero-order valence-corrected chi connectivity index (χ0v) is 10.2. The maximum absolute atomic E-state index is 5.72. The first-order valence-corrected chi connectivity index (χ1v) is 5.87. The molecule has 0 amide bonds. The van der Waals surface area contributed by atoms with Gasteiger partial charge in [0.25, 0.3) is 0 Å². The maximum atomic E-state index is 5.72.